The standard InChI is InChI=1S/C12H13N3S/c1-9-4-2-3-5-10(9)8-16-12-14-7-6-11(13)15-12/h2-7H,8H2,1H3,(H2,13,14,15). The maximum Gasteiger partial charge on any atom is 0.189 e. The molecule has 16 heavy (non-hydrogen) atoms. The first-order valence-corrected chi connectivity index (χ1v) is 6.00. The fourth-order valence-electron chi connectivity index (χ4n) is 1.34. The molecule has 2 rings (SSSR count). The summed E-state index contributed by atoms with van der Waals surface area (Å²) in [7, 11) is 0. The van der Waals surface area contributed by atoms with Gasteiger partial charge in [0.2, 0.25) is 0 Å². The van der Waals surface area contributed by atoms with Crippen molar-refractivity contribution in [3.05, 3.63) is 47.7 Å². The Morgan fingerprint density at radius 1 is 1.25 bits per heavy atom. The van der Waals surface area contributed by atoms with Crippen LogP contribution in [-0.2, 0) is 5.75 Å². The predicted octanol–water partition coefficient (Wildman–Crippen LogP) is 2.66. The summed E-state index contributed by atoms with van der Waals surface area (Å²) >= 11 is 1.60. The molecule has 2 N–H and O–H groups in total. The van der Waals surface area contributed by atoms with Crippen molar-refractivity contribution in [1.82, 2.24) is 9.97 Å². The molecule has 1 aromatic carbocycles. The van der Waals surface area contributed by atoms with E-state index in [1.54, 1.807) is 24.0 Å². The Morgan fingerprint density at radius 2 is 2.06 bits per heavy atom. The van der Waals surface area contributed by atoms with Gasteiger partial charge in [-0.2, -0.15) is 0 Å². The van der Waals surface area contributed by atoms with Crippen molar-refractivity contribution in [2.24, 2.45) is 0 Å². The van der Waals surface area contributed by atoms with Crippen molar-refractivity contribution < 1.29 is 0 Å². The highest BCUT2D eigenvalue weighted by Crippen LogP contribution is 2.21. The minimum absolute atomic E-state index is 0.516. The van der Waals surface area contributed by atoms with Crippen molar-refractivity contribution in [1.29, 1.82) is 0 Å². The van der Waals surface area contributed by atoms with Crippen LogP contribution in [0.5, 0.6) is 0 Å². The van der Waals surface area contributed by atoms with Gasteiger partial charge in [-0.1, -0.05) is 36.0 Å². The number of anilines is 1. The molecular formula is C12H13N3S. The first kappa shape index (κ1) is 11.0. The summed E-state index contributed by atoms with van der Waals surface area (Å²) in [4.78, 5) is 8.30. The van der Waals surface area contributed by atoms with E-state index in [0.29, 0.717) is 5.82 Å². The Morgan fingerprint density at radius 3 is 2.81 bits per heavy atom. The fourth-order valence-corrected chi connectivity index (χ4v) is 2.25. The molecule has 0 bridgehead atoms. The Bertz CT molecular complexity index is 485. The van der Waals surface area contributed by atoms with E-state index in [0.717, 1.165) is 10.9 Å². The van der Waals surface area contributed by atoms with Crippen molar-refractivity contribution >= 4 is 17.6 Å². The molecule has 0 atom stereocenters. The second-order valence-electron chi connectivity index (χ2n) is 3.48. The summed E-state index contributed by atoms with van der Waals surface area (Å²) in [6.07, 6.45) is 1.68. The highest BCUT2D eigenvalue weighted by molar-refractivity contribution is 7.98. The molecule has 0 fully saturated rings. The van der Waals surface area contributed by atoms with Gasteiger partial charge < -0.3 is 5.73 Å². The topological polar surface area (TPSA) is 51.8 Å². The predicted molar refractivity (Wildman–Crippen MR) is 67.2 cm³/mol. The number of nitrogen functional groups attached to an aromatic ring is 1. The van der Waals surface area contributed by atoms with Gasteiger partial charge in [-0.25, -0.2) is 9.97 Å². The van der Waals surface area contributed by atoms with Gasteiger partial charge >= 0.3 is 0 Å². The summed E-state index contributed by atoms with van der Waals surface area (Å²) in [5.74, 6) is 1.39. The van der Waals surface area contributed by atoms with Crippen LogP contribution in [0.15, 0.2) is 41.7 Å². The Balaban J connectivity index is 2.05. The summed E-state index contributed by atoms with van der Waals surface area (Å²) in [6.45, 7) is 2.11. The molecule has 0 saturated carbocycles. The van der Waals surface area contributed by atoms with E-state index < -0.39 is 0 Å². The van der Waals surface area contributed by atoms with Gasteiger partial charge in [-0.3, -0.25) is 0 Å². The molecule has 0 amide bonds. The first-order valence-electron chi connectivity index (χ1n) is 5.01. The molecule has 0 aliphatic heterocycles. The zero-order valence-electron chi connectivity index (χ0n) is 9.05. The third kappa shape index (κ3) is 2.73. The smallest absolute Gasteiger partial charge is 0.189 e. The van der Waals surface area contributed by atoms with Gasteiger partial charge in [-0.05, 0) is 24.1 Å². The number of hydrogen-bond acceptors (Lipinski definition) is 4. The van der Waals surface area contributed by atoms with E-state index in [1.807, 2.05) is 12.1 Å². The van der Waals surface area contributed by atoms with Crippen LogP contribution < -0.4 is 5.73 Å². The molecule has 0 saturated heterocycles. The highest BCUT2D eigenvalue weighted by Gasteiger charge is 2.01. The third-order valence-corrected chi connectivity index (χ3v) is 3.18. The minimum atomic E-state index is 0.516. The van der Waals surface area contributed by atoms with Gasteiger partial charge in [0, 0.05) is 11.9 Å². The summed E-state index contributed by atoms with van der Waals surface area (Å²) in [5.41, 5.74) is 8.19. The van der Waals surface area contributed by atoms with Crippen molar-refractivity contribution in [2.45, 2.75) is 17.8 Å². The van der Waals surface area contributed by atoms with E-state index in [2.05, 4.69) is 29.0 Å². The molecule has 0 unspecified atom stereocenters. The lowest BCUT2D eigenvalue weighted by atomic mass is 10.1. The van der Waals surface area contributed by atoms with E-state index in [9.17, 15) is 0 Å². The van der Waals surface area contributed by atoms with Crippen LogP contribution in [0, 0.1) is 6.92 Å². The lowest BCUT2D eigenvalue weighted by molar-refractivity contribution is 0.975. The van der Waals surface area contributed by atoms with Gasteiger partial charge in [-0.15, -0.1) is 0 Å². The zero-order valence-corrected chi connectivity index (χ0v) is 9.87. The summed E-state index contributed by atoms with van der Waals surface area (Å²) in [6, 6.07) is 10.0. The number of rotatable bonds is 3. The Hall–Kier alpha value is -1.55. The van der Waals surface area contributed by atoms with Crippen LogP contribution in [0.25, 0.3) is 0 Å². The minimum Gasteiger partial charge on any atom is -0.384 e. The molecule has 3 nitrogen and oxygen atoms in total. The van der Waals surface area contributed by atoms with Crippen LogP contribution in [-0.4, -0.2) is 9.97 Å². The fraction of sp³-hybridized carbons (Fsp3) is 0.167. The molecule has 82 valence electrons. The number of aryl methyl sites for hydroxylation is 1. The monoisotopic (exact) mass is 231 g/mol. The average molecular weight is 231 g/mol. The van der Waals surface area contributed by atoms with Crippen LogP contribution in [0.1, 0.15) is 11.1 Å². The SMILES string of the molecule is Cc1ccccc1CSc1nccc(N)n1. The van der Waals surface area contributed by atoms with E-state index in [1.165, 1.54) is 11.1 Å². The second kappa shape index (κ2) is 4.99. The first-order chi connectivity index (χ1) is 7.75. The summed E-state index contributed by atoms with van der Waals surface area (Å²) < 4.78 is 0. The van der Waals surface area contributed by atoms with Crippen molar-refractivity contribution in [3.8, 4) is 0 Å². The number of thioether (sulfide) groups is 1. The number of benzene rings is 1. The number of nitrogens with zero attached hydrogens (tertiary/aromatic N) is 2. The average Bonchev–Trinajstić information content (AvgIpc) is 2.28. The van der Waals surface area contributed by atoms with Crippen LogP contribution in [0.2, 0.25) is 0 Å². The molecule has 0 spiro atoms. The molecule has 2 aromatic rings. The van der Waals surface area contributed by atoms with Gasteiger partial charge in [0.25, 0.3) is 0 Å². The molecular weight excluding hydrogens is 218 g/mol. The van der Waals surface area contributed by atoms with Gasteiger partial charge in [0.05, 0.1) is 0 Å². The normalized spacial score (nSPS) is 10.3. The highest BCUT2D eigenvalue weighted by atomic mass is 32.2. The molecule has 0 aliphatic rings. The zero-order chi connectivity index (χ0) is 11.4. The molecule has 0 aliphatic carbocycles. The van der Waals surface area contributed by atoms with Crippen LogP contribution >= 0.6 is 11.8 Å². The largest absolute Gasteiger partial charge is 0.384 e. The van der Waals surface area contributed by atoms with E-state index in [4.69, 9.17) is 5.73 Å². The molecule has 1 heterocycles. The maximum absolute atomic E-state index is 5.59. The quantitative estimate of drug-likeness (QED) is 0.651. The Labute approximate surface area is 99.1 Å². The Kier molecular flexibility index (Phi) is 3.41. The summed E-state index contributed by atoms with van der Waals surface area (Å²) in [5, 5.41) is 0.725. The van der Waals surface area contributed by atoms with Crippen molar-refractivity contribution in [3.63, 3.8) is 0 Å². The number of aromatic nitrogens is 2. The van der Waals surface area contributed by atoms with E-state index >= 15 is 0 Å². The van der Waals surface area contributed by atoms with Gasteiger partial charge in [0.1, 0.15) is 5.82 Å². The lowest BCUT2D eigenvalue weighted by Gasteiger charge is -2.04. The van der Waals surface area contributed by atoms with Crippen molar-refractivity contribution in [2.75, 3.05) is 5.73 Å². The van der Waals surface area contributed by atoms with Crippen LogP contribution in [0.3, 0.4) is 0 Å². The third-order valence-electron chi connectivity index (χ3n) is 2.27. The van der Waals surface area contributed by atoms with Gasteiger partial charge in [0.15, 0.2) is 5.16 Å². The lowest BCUT2D eigenvalue weighted by Crippen LogP contribution is -1.94. The second-order valence-corrected chi connectivity index (χ2v) is 4.42. The molecule has 1 aromatic heterocycles. The number of hydrogen-bond donors (Lipinski definition) is 1. The maximum atomic E-state index is 5.59. The molecule has 0 radical (unpaired) electrons. The van der Waals surface area contributed by atoms with Crippen LogP contribution in [0.4, 0.5) is 5.82 Å². The molecule has 4 heteroatoms. The number of nitrogens with two attached hydrogens (primary N) is 1. The van der Waals surface area contributed by atoms with E-state index in [-0.39, 0.29) is 0 Å².